The number of ether oxygens (including phenoxy) is 5. The maximum Gasteiger partial charge on any atom is 0.343 e. The van der Waals surface area contributed by atoms with Crippen molar-refractivity contribution in [3.63, 3.8) is 0 Å². The molecule has 0 radical (unpaired) electrons. The number of piperidine rings is 1. The van der Waals surface area contributed by atoms with Crippen molar-refractivity contribution in [2.24, 2.45) is 0 Å². The molecule has 2 N–H and O–H groups in total. The van der Waals surface area contributed by atoms with E-state index in [0.717, 1.165) is 67.6 Å². The van der Waals surface area contributed by atoms with Gasteiger partial charge in [-0.05, 0) is 76.0 Å². The molecule has 1 aliphatic carbocycles. The van der Waals surface area contributed by atoms with Crippen molar-refractivity contribution >= 4 is 17.5 Å². The van der Waals surface area contributed by atoms with Crippen LogP contribution in [0.5, 0.6) is 0 Å². The van der Waals surface area contributed by atoms with Gasteiger partial charge in [0.2, 0.25) is 0 Å². The molecule has 0 unspecified atom stereocenters. The smallest absolute Gasteiger partial charge is 0.343 e. The number of esters is 1. The molecule has 10 heteroatoms. The number of likely N-dealkylation sites (tertiary alicyclic amines) is 1. The van der Waals surface area contributed by atoms with Crippen LogP contribution in [0.4, 0.5) is 0 Å². The lowest BCUT2D eigenvalue weighted by atomic mass is 9.80. The Labute approximate surface area is 242 Å². The predicted octanol–water partition coefficient (Wildman–Crippen LogP) is 3.73. The van der Waals surface area contributed by atoms with E-state index in [2.05, 4.69) is 4.90 Å². The molecule has 0 bridgehead atoms. The monoisotopic (exact) mass is 575 g/mol. The van der Waals surface area contributed by atoms with Gasteiger partial charge in [0.05, 0.1) is 45.2 Å². The summed E-state index contributed by atoms with van der Waals surface area (Å²) in [5.41, 5.74) is 3.25. The highest BCUT2D eigenvalue weighted by Crippen LogP contribution is 2.47. The fourth-order valence-corrected chi connectivity index (χ4v) is 6.26. The minimum Gasteiger partial charge on any atom is -0.507 e. The van der Waals surface area contributed by atoms with Crippen LogP contribution in [0, 0.1) is 20.8 Å². The second-order valence-corrected chi connectivity index (χ2v) is 11.4. The van der Waals surface area contributed by atoms with Gasteiger partial charge in [-0.25, -0.2) is 9.59 Å². The van der Waals surface area contributed by atoms with E-state index < -0.39 is 17.5 Å². The van der Waals surface area contributed by atoms with Crippen LogP contribution in [0.2, 0.25) is 0 Å². The Morgan fingerprint density at radius 3 is 2.10 bits per heavy atom. The average molecular weight is 576 g/mol. The van der Waals surface area contributed by atoms with Gasteiger partial charge in [0.15, 0.2) is 11.4 Å². The molecule has 1 saturated carbocycles. The number of carboxylic acid groups (broad SMARTS) is 1. The zero-order valence-electron chi connectivity index (χ0n) is 24.6. The summed E-state index contributed by atoms with van der Waals surface area (Å²) in [5, 5.41) is 19.8. The Morgan fingerprint density at radius 1 is 0.927 bits per heavy atom. The van der Waals surface area contributed by atoms with Crippen molar-refractivity contribution in [2.75, 3.05) is 59.3 Å². The van der Waals surface area contributed by atoms with Gasteiger partial charge in [-0.3, -0.25) is 0 Å². The Morgan fingerprint density at radius 2 is 1.49 bits per heavy atom. The number of aliphatic hydroxyl groups excluding tert-OH is 1. The number of hydrogen-bond donors (Lipinski definition) is 2. The number of hydrogen-bond acceptors (Lipinski definition) is 9. The highest BCUT2D eigenvalue weighted by molar-refractivity contribution is 6.20. The molecule has 1 saturated heterocycles. The molecule has 41 heavy (non-hydrogen) atoms. The van der Waals surface area contributed by atoms with Gasteiger partial charge in [-0.2, -0.15) is 0 Å². The normalized spacial score (nSPS) is 23.9. The average Bonchev–Trinajstić information content (AvgIpc) is 3.15. The first-order valence-electron chi connectivity index (χ1n) is 14.8. The van der Waals surface area contributed by atoms with Crippen molar-refractivity contribution in [3.05, 3.63) is 40.1 Å². The van der Waals surface area contributed by atoms with Crippen LogP contribution in [-0.4, -0.2) is 104 Å². The van der Waals surface area contributed by atoms with Gasteiger partial charge < -0.3 is 38.8 Å². The molecule has 2 aliphatic heterocycles. The van der Waals surface area contributed by atoms with E-state index in [1.165, 1.54) is 0 Å². The SMILES string of the molecule is Cc1cc(C)c(C2=C(O)C3(CCC(OC4CCN(CCOCCOCCOCC(=O)O)CC4)CC3)OC2=O)c(C)c1. The van der Waals surface area contributed by atoms with E-state index >= 15 is 0 Å². The van der Waals surface area contributed by atoms with Gasteiger partial charge in [-0.15, -0.1) is 0 Å². The largest absolute Gasteiger partial charge is 0.507 e. The number of carbonyl (C=O) groups excluding carboxylic acids is 1. The minimum atomic E-state index is -0.985. The molecule has 0 atom stereocenters. The third-order valence-corrected chi connectivity index (χ3v) is 8.27. The summed E-state index contributed by atoms with van der Waals surface area (Å²) in [6.45, 7) is 10.6. The number of benzene rings is 1. The summed E-state index contributed by atoms with van der Waals surface area (Å²) in [6, 6.07) is 4.07. The number of carboxylic acids is 1. The predicted molar refractivity (Wildman–Crippen MR) is 152 cm³/mol. The number of aryl methyl sites for hydroxylation is 3. The van der Waals surface area contributed by atoms with Crippen LogP contribution in [0.25, 0.3) is 5.57 Å². The highest BCUT2D eigenvalue weighted by Gasteiger charge is 2.51. The standard InChI is InChI=1S/C31H45NO9/c1-21-18-22(2)27(23(3)19-21)28-29(35)31(41-30(28)36)8-4-24(5-9-31)40-25-6-10-32(11-7-25)12-13-37-14-15-38-16-17-39-20-26(33)34/h18-19,24-25,35H,4-17,20H2,1-3H3,(H,33,34). The van der Waals surface area contributed by atoms with Gasteiger partial charge in [0.25, 0.3) is 0 Å². The zero-order valence-corrected chi connectivity index (χ0v) is 24.6. The van der Waals surface area contributed by atoms with Crippen LogP contribution >= 0.6 is 0 Å². The van der Waals surface area contributed by atoms with E-state index in [4.69, 9.17) is 28.8 Å². The molecule has 2 heterocycles. The number of rotatable bonds is 14. The summed E-state index contributed by atoms with van der Waals surface area (Å²) >= 11 is 0. The van der Waals surface area contributed by atoms with Crippen LogP contribution < -0.4 is 0 Å². The second-order valence-electron chi connectivity index (χ2n) is 11.4. The first-order valence-corrected chi connectivity index (χ1v) is 14.8. The van der Waals surface area contributed by atoms with E-state index in [1.807, 2.05) is 32.9 Å². The van der Waals surface area contributed by atoms with Crippen LogP contribution in [0.1, 0.15) is 60.8 Å². The van der Waals surface area contributed by atoms with Crippen molar-refractivity contribution < 1.29 is 43.5 Å². The molecule has 0 amide bonds. The fraction of sp³-hybridized carbons (Fsp3) is 0.677. The van der Waals surface area contributed by atoms with Gasteiger partial charge in [-0.1, -0.05) is 17.7 Å². The second kappa shape index (κ2) is 14.6. The summed E-state index contributed by atoms with van der Waals surface area (Å²) in [5.74, 6) is -1.33. The molecular weight excluding hydrogens is 530 g/mol. The Hall–Kier alpha value is -2.50. The topological polar surface area (TPSA) is 124 Å². The van der Waals surface area contributed by atoms with Crippen LogP contribution in [0.3, 0.4) is 0 Å². The lowest BCUT2D eigenvalue weighted by Gasteiger charge is -2.39. The summed E-state index contributed by atoms with van der Waals surface area (Å²) < 4.78 is 28.3. The quantitative estimate of drug-likeness (QED) is 0.250. The minimum absolute atomic E-state index is 0.0860. The van der Waals surface area contributed by atoms with Crippen molar-refractivity contribution in [1.29, 1.82) is 0 Å². The van der Waals surface area contributed by atoms with E-state index in [-0.39, 0.29) is 31.2 Å². The lowest BCUT2D eigenvalue weighted by molar-refractivity contribution is -0.154. The summed E-state index contributed by atoms with van der Waals surface area (Å²) in [7, 11) is 0. The zero-order chi connectivity index (χ0) is 29.4. The number of aliphatic hydroxyl groups is 1. The molecule has 1 spiro atoms. The fourth-order valence-electron chi connectivity index (χ4n) is 6.26. The Kier molecular flexibility index (Phi) is 11.2. The molecular formula is C31H45NO9. The molecule has 2 fully saturated rings. The maximum absolute atomic E-state index is 13.0. The number of nitrogens with zero attached hydrogens (tertiary/aromatic N) is 1. The van der Waals surface area contributed by atoms with Gasteiger partial charge in [0, 0.05) is 19.6 Å². The molecule has 1 aromatic carbocycles. The maximum atomic E-state index is 13.0. The van der Waals surface area contributed by atoms with E-state index in [9.17, 15) is 14.7 Å². The third-order valence-electron chi connectivity index (χ3n) is 8.27. The molecule has 228 valence electrons. The molecule has 3 aliphatic rings. The van der Waals surface area contributed by atoms with Crippen LogP contribution in [0.15, 0.2) is 17.9 Å². The third kappa shape index (κ3) is 8.29. The highest BCUT2D eigenvalue weighted by atomic mass is 16.6. The Bertz CT molecular complexity index is 1060. The molecule has 4 rings (SSSR count). The van der Waals surface area contributed by atoms with Crippen LogP contribution in [-0.2, 0) is 33.3 Å². The van der Waals surface area contributed by atoms with Crippen molar-refractivity contribution in [2.45, 2.75) is 77.1 Å². The molecule has 1 aromatic rings. The summed E-state index contributed by atoms with van der Waals surface area (Å²) in [4.78, 5) is 25.7. The van der Waals surface area contributed by atoms with Gasteiger partial charge in [0.1, 0.15) is 12.2 Å². The van der Waals surface area contributed by atoms with Gasteiger partial charge >= 0.3 is 11.9 Å². The first kappa shape index (κ1) is 31.4. The van der Waals surface area contributed by atoms with Crippen molar-refractivity contribution in [3.8, 4) is 0 Å². The first-order chi connectivity index (χ1) is 19.7. The molecule has 0 aromatic heterocycles. The van der Waals surface area contributed by atoms with E-state index in [1.54, 1.807) is 0 Å². The number of carbonyl (C=O) groups is 2. The van der Waals surface area contributed by atoms with E-state index in [0.29, 0.717) is 44.8 Å². The van der Waals surface area contributed by atoms with Crippen molar-refractivity contribution in [1.82, 2.24) is 4.90 Å². The Balaban J connectivity index is 1.13. The summed E-state index contributed by atoms with van der Waals surface area (Å²) in [6.07, 6.45) is 4.89. The molecule has 10 nitrogen and oxygen atoms in total. The lowest BCUT2D eigenvalue weighted by Crippen LogP contribution is -2.43. The number of aliphatic carboxylic acids is 1.